The predicted octanol–water partition coefficient (Wildman–Crippen LogP) is 2.88. The number of aliphatic hydroxyl groups is 1. The number of hydrogen-bond acceptors (Lipinski definition) is 10. The number of nitrogens with one attached hydrogen (secondary N) is 2. The first-order valence-electron chi connectivity index (χ1n) is 12.4. The van der Waals surface area contributed by atoms with Crippen LogP contribution in [-0.2, 0) is 6.54 Å². The van der Waals surface area contributed by atoms with Crippen molar-refractivity contribution in [2.75, 3.05) is 37.3 Å². The fraction of sp³-hybridized carbons (Fsp3) is 0.423. The third-order valence-corrected chi connectivity index (χ3v) is 7.53. The number of carbonyl (C=O) groups is 1. The molecule has 1 amide bonds. The highest BCUT2D eigenvalue weighted by Crippen LogP contribution is 2.26. The molecule has 4 rings (SSSR count). The van der Waals surface area contributed by atoms with E-state index >= 15 is 0 Å². The van der Waals surface area contributed by atoms with Crippen LogP contribution in [0.1, 0.15) is 47.1 Å². The number of pyridine rings is 2. The Morgan fingerprint density at radius 1 is 1.35 bits per heavy atom. The molecule has 0 spiro atoms. The Kier molecular flexibility index (Phi) is 9.00. The number of aromatic nitrogens is 3. The molecule has 11 heteroatoms. The van der Waals surface area contributed by atoms with E-state index in [0.717, 1.165) is 43.2 Å². The van der Waals surface area contributed by atoms with Crippen molar-refractivity contribution in [2.24, 2.45) is 5.92 Å². The van der Waals surface area contributed by atoms with Crippen molar-refractivity contribution in [3.05, 3.63) is 52.8 Å². The second kappa shape index (κ2) is 12.6. The summed E-state index contributed by atoms with van der Waals surface area (Å²) in [6, 6.07) is 9.00. The monoisotopic (exact) mass is 520 g/mol. The van der Waals surface area contributed by atoms with Crippen molar-refractivity contribution >= 4 is 28.7 Å². The van der Waals surface area contributed by atoms with Gasteiger partial charge >= 0.3 is 0 Å². The van der Waals surface area contributed by atoms with Gasteiger partial charge < -0.3 is 21.5 Å². The highest BCUT2D eigenvalue weighted by molar-refractivity contribution is 7.14. The van der Waals surface area contributed by atoms with Crippen LogP contribution in [0.5, 0.6) is 0 Å². The largest absolute Gasteiger partial charge is 0.397 e. The zero-order valence-electron chi connectivity index (χ0n) is 20.9. The van der Waals surface area contributed by atoms with E-state index in [-0.39, 0.29) is 41.3 Å². The van der Waals surface area contributed by atoms with E-state index < -0.39 is 0 Å². The molecule has 10 nitrogen and oxygen atoms in total. The third kappa shape index (κ3) is 6.80. The summed E-state index contributed by atoms with van der Waals surface area (Å²) in [5.74, 6) is 0.263. The second-order valence-corrected chi connectivity index (χ2v) is 10.3. The Morgan fingerprint density at radius 2 is 2.16 bits per heavy atom. The quantitative estimate of drug-likeness (QED) is 0.316. The van der Waals surface area contributed by atoms with Crippen molar-refractivity contribution in [3.63, 3.8) is 0 Å². The molecule has 3 aromatic heterocycles. The Labute approximate surface area is 220 Å². The Morgan fingerprint density at radius 3 is 2.84 bits per heavy atom. The van der Waals surface area contributed by atoms with Crippen molar-refractivity contribution in [1.82, 2.24) is 25.2 Å². The lowest BCUT2D eigenvalue weighted by atomic mass is 9.96. The van der Waals surface area contributed by atoms with Gasteiger partial charge in [-0.05, 0) is 56.5 Å². The Balaban J connectivity index is 1.28. The van der Waals surface area contributed by atoms with E-state index in [1.165, 1.54) is 10.9 Å². The summed E-state index contributed by atoms with van der Waals surface area (Å²) in [7, 11) is 0. The number of aliphatic hydroxyl groups excluding tert-OH is 1. The number of likely N-dealkylation sites (tertiary alicyclic amines) is 1. The molecule has 1 aliphatic heterocycles. The minimum atomic E-state index is -0.328. The van der Waals surface area contributed by atoms with Gasteiger partial charge in [0.05, 0.1) is 24.0 Å². The van der Waals surface area contributed by atoms with Gasteiger partial charge in [-0.1, -0.05) is 13.0 Å². The average molecular weight is 521 g/mol. The molecule has 4 heterocycles. The van der Waals surface area contributed by atoms with E-state index in [9.17, 15) is 15.2 Å². The van der Waals surface area contributed by atoms with Gasteiger partial charge in [-0.15, -0.1) is 11.3 Å². The maximum Gasteiger partial charge on any atom is 0.270 e. The Bertz CT molecular complexity index is 1230. The molecule has 0 bridgehead atoms. The number of anilines is 2. The third-order valence-electron chi connectivity index (χ3n) is 6.52. The fourth-order valence-electron chi connectivity index (χ4n) is 4.26. The molecule has 1 fully saturated rings. The van der Waals surface area contributed by atoms with E-state index in [1.54, 1.807) is 17.5 Å². The number of nitrogens with two attached hydrogens (primary N) is 1. The second-order valence-electron chi connectivity index (χ2n) is 9.14. The summed E-state index contributed by atoms with van der Waals surface area (Å²) in [6.07, 6.45) is 6.31. The number of nitriles is 1. The van der Waals surface area contributed by atoms with Crippen LogP contribution in [0.15, 0.2) is 36.7 Å². The minimum absolute atomic E-state index is 0.119. The first-order valence-corrected chi connectivity index (χ1v) is 13.3. The van der Waals surface area contributed by atoms with Crippen LogP contribution in [0.3, 0.4) is 0 Å². The van der Waals surface area contributed by atoms with Crippen molar-refractivity contribution < 1.29 is 9.90 Å². The molecule has 0 radical (unpaired) electrons. The summed E-state index contributed by atoms with van der Waals surface area (Å²) in [5.41, 5.74) is 7.42. The van der Waals surface area contributed by atoms with E-state index in [1.807, 2.05) is 37.4 Å². The number of carbonyl (C=O) groups excluding carboxylic acids is 1. The first kappa shape index (κ1) is 26.5. The SMILES string of the molecule is CC[C@H](CO)Nc1nc(C(=O)NCC2CCN(Cc3cnc(-c4ccccn4)s3)CC2)cc(N)c1C#N. The van der Waals surface area contributed by atoms with Crippen molar-refractivity contribution in [2.45, 2.75) is 38.8 Å². The van der Waals surface area contributed by atoms with Crippen molar-refractivity contribution in [3.8, 4) is 16.8 Å². The van der Waals surface area contributed by atoms with Gasteiger partial charge in [0.15, 0.2) is 0 Å². The molecule has 0 saturated carbocycles. The fourth-order valence-corrected chi connectivity index (χ4v) is 5.19. The number of nitrogens with zero attached hydrogens (tertiary/aromatic N) is 5. The van der Waals surface area contributed by atoms with Gasteiger partial charge in [-0.25, -0.2) is 9.97 Å². The van der Waals surface area contributed by atoms with Gasteiger partial charge in [0.25, 0.3) is 5.91 Å². The maximum absolute atomic E-state index is 12.8. The number of rotatable bonds is 10. The molecule has 1 atom stereocenters. The van der Waals surface area contributed by atoms with Gasteiger partial charge in [-0.2, -0.15) is 5.26 Å². The van der Waals surface area contributed by atoms with Crippen LogP contribution in [0.2, 0.25) is 0 Å². The zero-order valence-corrected chi connectivity index (χ0v) is 21.7. The highest BCUT2D eigenvalue weighted by Gasteiger charge is 2.22. The topological polar surface area (TPSA) is 153 Å². The van der Waals surface area contributed by atoms with Gasteiger partial charge in [-0.3, -0.25) is 14.7 Å². The molecular weight excluding hydrogens is 488 g/mol. The molecular formula is C26H32N8O2S. The smallest absolute Gasteiger partial charge is 0.270 e. The Hall–Kier alpha value is -3.59. The lowest BCUT2D eigenvalue weighted by molar-refractivity contribution is 0.0930. The summed E-state index contributed by atoms with van der Waals surface area (Å²) in [5, 5.41) is 25.9. The van der Waals surface area contributed by atoms with Crippen LogP contribution in [-0.4, -0.2) is 63.1 Å². The van der Waals surface area contributed by atoms with Crippen LogP contribution in [0.4, 0.5) is 11.5 Å². The molecule has 1 saturated heterocycles. The van der Waals surface area contributed by atoms with Crippen LogP contribution in [0, 0.1) is 17.2 Å². The van der Waals surface area contributed by atoms with Gasteiger partial charge in [0, 0.05) is 30.4 Å². The summed E-state index contributed by atoms with van der Waals surface area (Å²) < 4.78 is 0. The molecule has 0 aliphatic carbocycles. The van der Waals surface area contributed by atoms with Gasteiger partial charge in [0.1, 0.15) is 28.2 Å². The molecule has 0 unspecified atom stereocenters. The van der Waals surface area contributed by atoms with Crippen LogP contribution < -0.4 is 16.4 Å². The predicted molar refractivity (Wildman–Crippen MR) is 144 cm³/mol. The first-order chi connectivity index (χ1) is 18.0. The summed E-state index contributed by atoms with van der Waals surface area (Å²) >= 11 is 1.67. The maximum atomic E-state index is 12.8. The standard InChI is InChI=1S/C26H32N8O2S/c1-2-18(16-35)32-24-20(12-27)21(28)11-23(33-24)25(36)30-13-17-6-9-34(10-7-17)15-19-14-31-26(37-19)22-5-3-4-8-29-22/h3-5,8,11,14,17-18,35H,2,6-7,9-10,13,15-16H2,1H3,(H,30,36)(H3,28,32,33)/t18-/m1/s1. The van der Waals surface area contributed by atoms with Crippen LogP contribution in [0.25, 0.3) is 10.7 Å². The van der Waals surface area contributed by atoms with Gasteiger partial charge in [0.2, 0.25) is 0 Å². The number of piperidine rings is 1. The highest BCUT2D eigenvalue weighted by atomic mass is 32.1. The summed E-state index contributed by atoms with van der Waals surface area (Å²) in [4.78, 5) is 29.7. The molecule has 5 N–H and O–H groups in total. The average Bonchev–Trinajstić information content (AvgIpc) is 3.40. The molecule has 194 valence electrons. The van der Waals surface area contributed by atoms with Crippen LogP contribution >= 0.6 is 11.3 Å². The number of thiazole rings is 1. The molecule has 37 heavy (non-hydrogen) atoms. The molecule has 3 aromatic rings. The summed E-state index contributed by atoms with van der Waals surface area (Å²) in [6.45, 7) is 5.10. The number of amides is 1. The normalized spacial score (nSPS) is 15.2. The minimum Gasteiger partial charge on any atom is -0.397 e. The number of hydrogen-bond donors (Lipinski definition) is 4. The van der Waals surface area contributed by atoms with E-state index in [2.05, 4.69) is 30.5 Å². The molecule has 0 aromatic carbocycles. The lowest BCUT2D eigenvalue weighted by Gasteiger charge is -2.31. The van der Waals surface area contributed by atoms with E-state index in [4.69, 9.17) is 5.73 Å². The zero-order chi connectivity index (χ0) is 26.2. The van der Waals surface area contributed by atoms with Crippen molar-refractivity contribution in [1.29, 1.82) is 5.26 Å². The lowest BCUT2D eigenvalue weighted by Crippen LogP contribution is -2.38. The molecule has 1 aliphatic rings. The number of nitrogen functional groups attached to an aromatic ring is 1. The van der Waals surface area contributed by atoms with E-state index in [0.29, 0.717) is 18.9 Å².